The number of aryl methyl sites for hydroxylation is 1. The van der Waals surface area contributed by atoms with Crippen LogP contribution in [0.15, 0.2) is 42.6 Å². The normalized spacial score (nSPS) is 10.7. The molecule has 0 aliphatic rings. The number of hydrogen-bond acceptors (Lipinski definition) is 4. The van der Waals surface area contributed by atoms with Crippen molar-refractivity contribution in [2.75, 3.05) is 0 Å². The van der Waals surface area contributed by atoms with Crippen LogP contribution in [0.3, 0.4) is 0 Å². The van der Waals surface area contributed by atoms with Crippen LogP contribution in [0.1, 0.15) is 10.7 Å². The molecule has 3 rings (SSSR count). The topological polar surface area (TPSA) is 43.6 Å². The van der Waals surface area contributed by atoms with E-state index in [0.29, 0.717) is 6.54 Å². The summed E-state index contributed by atoms with van der Waals surface area (Å²) in [6.45, 7) is 2.66. The Bertz CT molecular complexity index is 642. The van der Waals surface area contributed by atoms with Gasteiger partial charge in [-0.1, -0.05) is 41.7 Å². The lowest BCUT2D eigenvalue weighted by atomic mass is 10.2. The molecule has 0 saturated carbocycles. The van der Waals surface area contributed by atoms with Crippen molar-refractivity contribution >= 4 is 11.3 Å². The fraction of sp³-hybridized carbons (Fsp3) is 0.154. The molecule has 0 unspecified atom stereocenters. The van der Waals surface area contributed by atoms with Gasteiger partial charge in [0.1, 0.15) is 10.0 Å². The average Bonchev–Trinajstić information content (AvgIpc) is 3.01. The Labute approximate surface area is 109 Å². The first kappa shape index (κ1) is 11.1. The van der Waals surface area contributed by atoms with Crippen molar-refractivity contribution in [3.8, 4) is 10.6 Å². The van der Waals surface area contributed by atoms with E-state index in [4.69, 9.17) is 0 Å². The van der Waals surface area contributed by atoms with E-state index in [9.17, 15) is 0 Å². The van der Waals surface area contributed by atoms with Crippen molar-refractivity contribution in [3.63, 3.8) is 0 Å². The molecule has 90 valence electrons. The summed E-state index contributed by atoms with van der Waals surface area (Å²) in [7, 11) is 0. The second kappa shape index (κ2) is 4.70. The van der Waals surface area contributed by atoms with E-state index in [1.165, 1.54) is 0 Å². The molecule has 0 atom stereocenters. The third-order valence-electron chi connectivity index (χ3n) is 2.56. The highest BCUT2D eigenvalue weighted by atomic mass is 32.1. The molecule has 1 aromatic carbocycles. The average molecular weight is 256 g/mol. The van der Waals surface area contributed by atoms with Gasteiger partial charge in [-0.25, -0.2) is 0 Å². The molecule has 2 aromatic heterocycles. The maximum atomic E-state index is 4.34. The fourth-order valence-corrected chi connectivity index (χ4v) is 2.54. The first-order chi connectivity index (χ1) is 8.81. The molecule has 4 nitrogen and oxygen atoms in total. The van der Waals surface area contributed by atoms with E-state index in [1.807, 2.05) is 54.2 Å². The SMILES string of the molecule is Cc1ccn(Cc2nnc(-c3ccccc3)s2)n1. The van der Waals surface area contributed by atoms with Crippen molar-refractivity contribution in [2.24, 2.45) is 0 Å². The van der Waals surface area contributed by atoms with Crippen LogP contribution >= 0.6 is 11.3 Å². The van der Waals surface area contributed by atoms with Crippen LogP contribution in [-0.2, 0) is 6.54 Å². The van der Waals surface area contributed by atoms with Crippen molar-refractivity contribution < 1.29 is 0 Å². The smallest absolute Gasteiger partial charge is 0.147 e. The fourth-order valence-electron chi connectivity index (χ4n) is 1.70. The van der Waals surface area contributed by atoms with E-state index >= 15 is 0 Å². The van der Waals surface area contributed by atoms with E-state index < -0.39 is 0 Å². The Balaban J connectivity index is 1.82. The Hall–Kier alpha value is -2.01. The maximum Gasteiger partial charge on any atom is 0.147 e. The Morgan fingerprint density at radius 1 is 1.11 bits per heavy atom. The predicted molar refractivity (Wildman–Crippen MR) is 71.4 cm³/mol. The van der Waals surface area contributed by atoms with Gasteiger partial charge >= 0.3 is 0 Å². The van der Waals surface area contributed by atoms with Gasteiger partial charge in [0.15, 0.2) is 0 Å². The minimum atomic E-state index is 0.679. The quantitative estimate of drug-likeness (QED) is 0.723. The summed E-state index contributed by atoms with van der Waals surface area (Å²) in [6, 6.07) is 12.1. The standard InChI is InChI=1S/C13H12N4S/c1-10-7-8-17(16-10)9-12-14-15-13(18-12)11-5-3-2-4-6-11/h2-8H,9H2,1H3. The lowest BCUT2D eigenvalue weighted by molar-refractivity contribution is 0.670. The highest BCUT2D eigenvalue weighted by molar-refractivity contribution is 7.14. The molecular weight excluding hydrogens is 244 g/mol. The molecule has 0 bridgehead atoms. The highest BCUT2D eigenvalue weighted by Crippen LogP contribution is 2.23. The van der Waals surface area contributed by atoms with Gasteiger partial charge in [-0.3, -0.25) is 4.68 Å². The van der Waals surface area contributed by atoms with Gasteiger partial charge < -0.3 is 0 Å². The number of aromatic nitrogens is 4. The summed E-state index contributed by atoms with van der Waals surface area (Å²) in [5.74, 6) is 0. The van der Waals surface area contributed by atoms with Crippen LogP contribution in [0.5, 0.6) is 0 Å². The zero-order valence-corrected chi connectivity index (χ0v) is 10.8. The molecule has 0 radical (unpaired) electrons. The predicted octanol–water partition coefficient (Wildman–Crippen LogP) is 2.76. The summed E-state index contributed by atoms with van der Waals surface area (Å²) in [5, 5.41) is 14.7. The van der Waals surface area contributed by atoms with Crippen LogP contribution in [0.4, 0.5) is 0 Å². The Kier molecular flexibility index (Phi) is 2.90. The molecule has 0 N–H and O–H groups in total. The zero-order chi connectivity index (χ0) is 12.4. The molecule has 0 aliphatic carbocycles. The summed E-state index contributed by atoms with van der Waals surface area (Å²) in [5.41, 5.74) is 2.13. The van der Waals surface area contributed by atoms with E-state index in [1.54, 1.807) is 11.3 Å². The van der Waals surface area contributed by atoms with Crippen LogP contribution in [0, 0.1) is 6.92 Å². The molecule has 0 saturated heterocycles. The largest absolute Gasteiger partial charge is 0.266 e. The molecule has 5 heteroatoms. The molecule has 0 fully saturated rings. The van der Waals surface area contributed by atoms with Crippen LogP contribution in [0.25, 0.3) is 10.6 Å². The minimum absolute atomic E-state index is 0.679. The molecule has 0 spiro atoms. The van der Waals surface area contributed by atoms with Crippen LogP contribution in [0.2, 0.25) is 0 Å². The van der Waals surface area contributed by atoms with Gasteiger partial charge in [0.25, 0.3) is 0 Å². The maximum absolute atomic E-state index is 4.34. The summed E-state index contributed by atoms with van der Waals surface area (Å²) >= 11 is 1.61. The minimum Gasteiger partial charge on any atom is -0.266 e. The second-order valence-electron chi connectivity index (χ2n) is 4.02. The Morgan fingerprint density at radius 2 is 1.94 bits per heavy atom. The summed E-state index contributed by atoms with van der Waals surface area (Å²) in [4.78, 5) is 0. The van der Waals surface area contributed by atoms with Crippen molar-refractivity contribution in [2.45, 2.75) is 13.5 Å². The molecule has 18 heavy (non-hydrogen) atoms. The number of hydrogen-bond donors (Lipinski definition) is 0. The third-order valence-corrected chi connectivity index (χ3v) is 3.52. The molecule has 0 aliphatic heterocycles. The number of nitrogens with zero attached hydrogens (tertiary/aromatic N) is 4. The van der Waals surface area contributed by atoms with E-state index in [0.717, 1.165) is 21.3 Å². The van der Waals surface area contributed by atoms with Gasteiger partial charge in [-0.2, -0.15) is 5.10 Å². The molecule has 0 amide bonds. The van der Waals surface area contributed by atoms with Crippen molar-refractivity contribution in [1.82, 2.24) is 20.0 Å². The van der Waals surface area contributed by atoms with Crippen molar-refractivity contribution in [3.05, 3.63) is 53.3 Å². The van der Waals surface area contributed by atoms with Gasteiger partial charge in [0.05, 0.1) is 12.2 Å². The van der Waals surface area contributed by atoms with Gasteiger partial charge in [0.2, 0.25) is 0 Å². The van der Waals surface area contributed by atoms with Crippen molar-refractivity contribution in [1.29, 1.82) is 0 Å². The molecule has 3 aromatic rings. The first-order valence-electron chi connectivity index (χ1n) is 5.69. The summed E-state index contributed by atoms with van der Waals surface area (Å²) in [6.07, 6.45) is 1.96. The van der Waals surface area contributed by atoms with E-state index in [-0.39, 0.29) is 0 Å². The molecule has 2 heterocycles. The highest BCUT2D eigenvalue weighted by Gasteiger charge is 2.07. The lowest BCUT2D eigenvalue weighted by Crippen LogP contribution is -1.99. The van der Waals surface area contributed by atoms with Crippen LogP contribution in [-0.4, -0.2) is 20.0 Å². The lowest BCUT2D eigenvalue weighted by Gasteiger charge is -1.95. The monoisotopic (exact) mass is 256 g/mol. The zero-order valence-electron chi connectivity index (χ0n) is 9.95. The Morgan fingerprint density at radius 3 is 2.67 bits per heavy atom. The second-order valence-corrected chi connectivity index (χ2v) is 5.08. The molecular formula is C13H12N4S. The van der Waals surface area contributed by atoms with Gasteiger partial charge in [0, 0.05) is 11.8 Å². The van der Waals surface area contributed by atoms with Crippen LogP contribution < -0.4 is 0 Å². The van der Waals surface area contributed by atoms with Gasteiger partial charge in [-0.15, -0.1) is 10.2 Å². The van der Waals surface area contributed by atoms with Gasteiger partial charge in [-0.05, 0) is 13.0 Å². The first-order valence-corrected chi connectivity index (χ1v) is 6.51. The number of benzene rings is 1. The summed E-state index contributed by atoms with van der Waals surface area (Å²) < 4.78 is 1.88. The number of rotatable bonds is 3. The van der Waals surface area contributed by atoms with E-state index in [2.05, 4.69) is 15.3 Å². The third kappa shape index (κ3) is 2.31.